The third-order valence-electron chi connectivity index (χ3n) is 10.4. The minimum Gasteiger partial charge on any atom is -0.356 e. The lowest BCUT2D eigenvalue weighted by Crippen LogP contribution is -2.45. The van der Waals surface area contributed by atoms with E-state index < -0.39 is 0 Å². The molecular weight excluding hydrogens is 633 g/mol. The highest BCUT2D eigenvalue weighted by Gasteiger charge is 2.24. The molecule has 0 atom stereocenters. The lowest BCUT2D eigenvalue weighted by atomic mass is 9.95. The number of nitrogens with zero attached hydrogens (tertiary/aromatic N) is 4. The van der Waals surface area contributed by atoms with Crippen LogP contribution in [0.25, 0.3) is 22.3 Å². The molecule has 0 bridgehead atoms. The first kappa shape index (κ1) is 34.1. The van der Waals surface area contributed by atoms with Crippen molar-refractivity contribution in [3.63, 3.8) is 0 Å². The Labute approximate surface area is 301 Å². The highest BCUT2D eigenvalue weighted by molar-refractivity contribution is 5.98. The lowest BCUT2D eigenvalue weighted by Gasteiger charge is -2.34. The summed E-state index contributed by atoms with van der Waals surface area (Å²) in [6.07, 6.45) is 9.16. The Morgan fingerprint density at radius 1 is 0.706 bits per heavy atom. The molecule has 8 nitrogen and oxygen atoms in total. The minimum absolute atomic E-state index is 0.0118. The van der Waals surface area contributed by atoms with E-state index in [-0.39, 0.29) is 23.9 Å². The van der Waals surface area contributed by atoms with Crippen LogP contribution in [0.5, 0.6) is 0 Å². The standard InChI is InChI=1S/C43H46N6O2/c1-30-11-14-33(15-12-30)39-9-4-10-40(31(39)2)43(51)47-37-17-22-48(23-18-37)29-32-13-16-41(45-27-32)49-24-19-38(20-25-49)46-42(50)35-7-3-6-34(26-35)36-8-5-21-44-28-36/h3-16,21,26-28,37-38H,17-20,22-25,29H2,1-2H3,(H,46,50)(H,47,51). The third kappa shape index (κ3) is 8.35. The molecule has 260 valence electrons. The van der Waals surface area contributed by atoms with Crippen molar-refractivity contribution in [3.05, 3.63) is 137 Å². The number of aromatic nitrogens is 2. The number of rotatable bonds is 9. The Hall–Kier alpha value is -5.34. The van der Waals surface area contributed by atoms with E-state index in [0.29, 0.717) is 5.56 Å². The van der Waals surface area contributed by atoms with Gasteiger partial charge in [0, 0.05) is 80.1 Å². The summed E-state index contributed by atoms with van der Waals surface area (Å²) >= 11 is 0. The molecule has 4 heterocycles. The van der Waals surface area contributed by atoms with Gasteiger partial charge in [-0.25, -0.2) is 4.98 Å². The van der Waals surface area contributed by atoms with Crippen LogP contribution in [0.2, 0.25) is 0 Å². The number of pyridine rings is 2. The molecule has 2 aliphatic rings. The number of carbonyl (C=O) groups excluding carboxylic acids is 2. The van der Waals surface area contributed by atoms with E-state index in [2.05, 4.69) is 74.8 Å². The van der Waals surface area contributed by atoms with E-state index in [1.165, 1.54) is 11.1 Å². The highest BCUT2D eigenvalue weighted by Crippen LogP contribution is 2.27. The average Bonchev–Trinajstić information content (AvgIpc) is 3.17. The van der Waals surface area contributed by atoms with Crippen molar-refractivity contribution in [1.29, 1.82) is 0 Å². The summed E-state index contributed by atoms with van der Waals surface area (Å²) in [5, 5.41) is 6.56. The second-order valence-corrected chi connectivity index (χ2v) is 13.9. The van der Waals surface area contributed by atoms with Crippen molar-refractivity contribution in [2.24, 2.45) is 0 Å². The van der Waals surface area contributed by atoms with Gasteiger partial charge in [-0.3, -0.25) is 19.5 Å². The molecule has 0 aliphatic carbocycles. The molecule has 5 aromatic rings. The Kier molecular flexibility index (Phi) is 10.5. The van der Waals surface area contributed by atoms with Gasteiger partial charge in [0.1, 0.15) is 5.82 Å². The Morgan fingerprint density at radius 2 is 1.41 bits per heavy atom. The first-order valence-corrected chi connectivity index (χ1v) is 18.1. The normalized spacial score (nSPS) is 15.8. The first-order chi connectivity index (χ1) is 24.9. The van der Waals surface area contributed by atoms with Gasteiger partial charge < -0.3 is 15.5 Å². The van der Waals surface area contributed by atoms with Crippen molar-refractivity contribution in [2.75, 3.05) is 31.1 Å². The van der Waals surface area contributed by atoms with Gasteiger partial charge in [-0.2, -0.15) is 0 Å². The largest absolute Gasteiger partial charge is 0.356 e. The summed E-state index contributed by atoms with van der Waals surface area (Å²) in [5.74, 6) is 0.959. The summed E-state index contributed by atoms with van der Waals surface area (Å²) in [6, 6.07) is 30.7. The van der Waals surface area contributed by atoms with Crippen LogP contribution in [0, 0.1) is 13.8 Å². The van der Waals surface area contributed by atoms with Crippen LogP contribution in [-0.4, -0.2) is 64.9 Å². The van der Waals surface area contributed by atoms with Crippen LogP contribution in [0.3, 0.4) is 0 Å². The zero-order chi connectivity index (χ0) is 35.2. The average molecular weight is 679 g/mol. The van der Waals surface area contributed by atoms with Gasteiger partial charge in [0.05, 0.1) is 0 Å². The van der Waals surface area contributed by atoms with E-state index in [0.717, 1.165) is 97.6 Å². The molecule has 0 saturated carbocycles. The number of amides is 2. The summed E-state index contributed by atoms with van der Waals surface area (Å²) in [4.78, 5) is 40.2. The van der Waals surface area contributed by atoms with E-state index >= 15 is 0 Å². The summed E-state index contributed by atoms with van der Waals surface area (Å²) in [7, 11) is 0. The zero-order valence-corrected chi connectivity index (χ0v) is 29.5. The number of nitrogens with one attached hydrogen (secondary N) is 2. The van der Waals surface area contributed by atoms with E-state index in [4.69, 9.17) is 4.98 Å². The van der Waals surface area contributed by atoms with Crippen LogP contribution in [-0.2, 0) is 6.54 Å². The third-order valence-corrected chi connectivity index (χ3v) is 10.4. The van der Waals surface area contributed by atoms with Gasteiger partial charge in [0.2, 0.25) is 0 Å². The van der Waals surface area contributed by atoms with Crippen molar-refractivity contribution in [3.8, 4) is 22.3 Å². The minimum atomic E-state index is -0.0353. The fourth-order valence-electron chi connectivity index (χ4n) is 7.28. The maximum absolute atomic E-state index is 13.3. The fraction of sp³-hybridized carbons (Fsp3) is 0.302. The lowest BCUT2D eigenvalue weighted by molar-refractivity contribution is 0.0905. The maximum Gasteiger partial charge on any atom is 0.251 e. The topological polar surface area (TPSA) is 90.5 Å². The molecule has 2 amide bonds. The molecule has 2 aliphatic heterocycles. The number of anilines is 1. The predicted octanol–water partition coefficient (Wildman–Crippen LogP) is 7.22. The van der Waals surface area contributed by atoms with E-state index in [1.807, 2.05) is 67.8 Å². The second kappa shape index (κ2) is 15.7. The SMILES string of the molecule is Cc1ccc(-c2cccc(C(=O)NC3CCN(Cc4ccc(N5CCC(NC(=O)c6cccc(-c7cccnc7)c6)CC5)nc4)CC3)c2C)cc1. The van der Waals surface area contributed by atoms with E-state index in [9.17, 15) is 9.59 Å². The van der Waals surface area contributed by atoms with Crippen LogP contribution in [0.15, 0.2) is 110 Å². The Morgan fingerprint density at radius 3 is 2.12 bits per heavy atom. The highest BCUT2D eigenvalue weighted by atomic mass is 16.2. The van der Waals surface area contributed by atoms with Gasteiger partial charge in [0.25, 0.3) is 11.8 Å². The Balaban J connectivity index is 0.851. The summed E-state index contributed by atoms with van der Waals surface area (Å²) in [6.45, 7) is 8.54. The predicted molar refractivity (Wildman–Crippen MR) is 204 cm³/mol. The molecule has 8 heteroatoms. The number of piperidine rings is 2. The molecule has 51 heavy (non-hydrogen) atoms. The van der Waals surface area contributed by atoms with Gasteiger partial charge in [-0.05, 0) is 97.7 Å². The maximum atomic E-state index is 13.3. The second-order valence-electron chi connectivity index (χ2n) is 13.9. The Bertz CT molecular complexity index is 1950. The molecule has 3 aromatic carbocycles. The monoisotopic (exact) mass is 678 g/mol. The summed E-state index contributed by atoms with van der Waals surface area (Å²) < 4.78 is 0. The van der Waals surface area contributed by atoms with Gasteiger partial charge in [-0.15, -0.1) is 0 Å². The molecule has 0 spiro atoms. The van der Waals surface area contributed by atoms with Crippen molar-refractivity contribution < 1.29 is 9.59 Å². The van der Waals surface area contributed by atoms with Gasteiger partial charge in [0.15, 0.2) is 0 Å². The molecule has 2 saturated heterocycles. The van der Waals surface area contributed by atoms with Crippen molar-refractivity contribution in [2.45, 2.75) is 58.2 Å². The van der Waals surface area contributed by atoms with Crippen LogP contribution in [0.1, 0.15) is 63.1 Å². The summed E-state index contributed by atoms with van der Waals surface area (Å²) in [5.41, 5.74) is 9.07. The van der Waals surface area contributed by atoms with Gasteiger partial charge in [-0.1, -0.05) is 66.2 Å². The fourth-order valence-corrected chi connectivity index (χ4v) is 7.28. The van der Waals surface area contributed by atoms with Crippen molar-refractivity contribution >= 4 is 17.6 Å². The van der Waals surface area contributed by atoms with Crippen LogP contribution < -0.4 is 15.5 Å². The quantitative estimate of drug-likeness (QED) is 0.171. The van der Waals surface area contributed by atoms with E-state index in [1.54, 1.807) is 6.20 Å². The number of hydrogen-bond donors (Lipinski definition) is 2. The smallest absolute Gasteiger partial charge is 0.251 e. The van der Waals surface area contributed by atoms with Crippen LogP contribution in [0.4, 0.5) is 5.82 Å². The number of likely N-dealkylation sites (tertiary alicyclic amines) is 1. The number of carbonyl (C=O) groups is 2. The number of aryl methyl sites for hydroxylation is 1. The molecule has 2 N–H and O–H groups in total. The number of hydrogen-bond acceptors (Lipinski definition) is 6. The molecule has 0 radical (unpaired) electrons. The zero-order valence-electron chi connectivity index (χ0n) is 29.5. The molecule has 7 rings (SSSR count). The molecule has 2 fully saturated rings. The molecule has 2 aromatic heterocycles. The molecular formula is C43H46N6O2. The molecule has 0 unspecified atom stereocenters. The van der Waals surface area contributed by atoms with Crippen molar-refractivity contribution in [1.82, 2.24) is 25.5 Å². The first-order valence-electron chi connectivity index (χ1n) is 18.1. The van der Waals surface area contributed by atoms with Crippen LogP contribution >= 0.6 is 0 Å². The van der Waals surface area contributed by atoms with Gasteiger partial charge >= 0.3 is 0 Å². The number of benzene rings is 3.